The molecule has 2 aromatic rings. The summed E-state index contributed by atoms with van der Waals surface area (Å²) in [6, 6.07) is 13.3. The quantitative estimate of drug-likeness (QED) is 0.486. The van der Waals surface area contributed by atoms with Crippen LogP contribution in [0.5, 0.6) is 11.5 Å². The predicted molar refractivity (Wildman–Crippen MR) is 132 cm³/mol. The zero-order valence-corrected chi connectivity index (χ0v) is 20.9. The van der Waals surface area contributed by atoms with Crippen LogP contribution in [-0.2, 0) is 20.9 Å². The van der Waals surface area contributed by atoms with Crippen LogP contribution in [0.2, 0.25) is 0 Å². The Balaban J connectivity index is 1.48. The van der Waals surface area contributed by atoms with Gasteiger partial charge in [0.15, 0.2) is 11.5 Å². The lowest BCUT2D eigenvalue weighted by Crippen LogP contribution is -2.46. The Morgan fingerprint density at radius 2 is 1.91 bits per heavy atom. The second-order valence-electron chi connectivity index (χ2n) is 7.57. The van der Waals surface area contributed by atoms with Gasteiger partial charge in [-0.25, -0.2) is 0 Å². The number of rotatable bonds is 7. The van der Waals surface area contributed by atoms with Crippen LogP contribution in [-0.4, -0.2) is 66.8 Å². The molecule has 0 unspecified atom stereocenters. The summed E-state index contributed by atoms with van der Waals surface area (Å²) < 4.78 is 17.3. The molecule has 8 nitrogen and oxygen atoms in total. The second-order valence-corrected chi connectivity index (χ2v) is 9.42. The van der Waals surface area contributed by atoms with Gasteiger partial charge in [0.2, 0.25) is 5.91 Å². The first-order valence-corrected chi connectivity index (χ1v) is 12.2. The molecule has 2 fully saturated rings. The first-order valence-electron chi connectivity index (χ1n) is 10.6. The number of methoxy groups -OCH3 is 1. The molecule has 2 aliphatic rings. The van der Waals surface area contributed by atoms with Gasteiger partial charge < -0.3 is 19.1 Å². The van der Waals surface area contributed by atoms with Crippen molar-refractivity contribution in [2.45, 2.75) is 6.61 Å². The number of carbonyl (C=O) groups excluding carboxylic acids is 3. The monoisotopic (exact) mass is 546 g/mol. The third-order valence-electron chi connectivity index (χ3n) is 5.31. The first kappa shape index (κ1) is 24.3. The van der Waals surface area contributed by atoms with E-state index in [9.17, 15) is 14.4 Å². The molecule has 0 radical (unpaired) electrons. The predicted octanol–water partition coefficient (Wildman–Crippen LogP) is 3.93. The minimum Gasteiger partial charge on any atom is -0.493 e. The lowest BCUT2D eigenvalue weighted by atomic mass is 10.1. The third-order valence-corrected chi connectivity index (χ3v) is 6.80. The van der Waals surface area contributed by atoms with Crippen molar-refractivity contribution in [2.24, 2.45) is 0 Å². The molecule has 3 amide bonds. The summed E-state index contributed by atoms with van der Waals surface area (Å²) in [4.78, 5) is 40.6. The maximum absolute atomic E-state index is 12.9. The lowest BCUT2D eigenvalue weighted by molar-refractivity contribution is -0.139. The number of halogens is 1. The van der Waals surface area contributed by atoms with Crippen LogP contribution < -0.4 is 9.47 Å². The minimum absolute atomic E-state index is 0.242. The average Bonchev–Trinajstić information content (AvgIpc) is 3.11. The van der Waals surface area contributed by atoms with E-state index in [-0.39, 0.29) is 17.4 Å². The highest BCUT2D eigenvalue weighted by molar-refractivity contribution is 9.10. The molecule has 0 aliphatic carbocycles. The van der Waals surface area contributed by atoms with E-state index >= 15 is 0 Å². The Morgan fingerprint density at radius 1 is 1.18 bits per heavy atom. The molecule has 2 saturated heterocycles. The number of carbonyl (C=O) groups is 3. The van der Waals surface area contributed by atoms with Crippen molar-refractivity contribution in [2.75, 3.05) is 40.0 Å². The van der Waals surface area contributed by atoms with Crippen molar-refractivity contribution in [3.8, 4) is 11.5 Å². The Hall–Kier alpha value is -2.82. The largest absolute Gasteiger partial charge is 0.493 e. The normalized spacial score (nSPS) is 17.4. The molecule has 178 valence electrons. The molecule has 4 rings (SSSR count). The molecule has 34 heavy (non-hydrogen) atoms. The molecule has 0 N–H and O–H groups in total. The lowest BCUT2D eigenvalue weighted by Gasteiger charge is -2.28. The van der Waals surface area contributed by atoms with Gasteiger partial charge in [0, 0.05) is 13.1 Å². The standard InChI is InChI=1S/C24H23BrN2O6S/c1-31-19-12-17(11-18(25)22(19)33-15-16-5-3-2-4-6-16)13-20-23(29)27(24(30)34-20)14-21(28)26-7-9-32-10-8-26/h2-6,11-13H,7-10,14-15H2,1H3/b20-13+. The summed E-state index contributed by atoms with van der Waals surface area (Å²) in [7, 11) is 1.53. The Kier molecular flexibility index (Phi) is 7.91. The minimum atomic E-state index is -0.490. The number of morpholine rings is 1. The van der Waals surface area contributed by atoms with Crippen LogP contribution in [0.3, 0.4) is 0 Å². The van der Waals surface area contributed by atoms with Crippen molar-refractivity contribution in [1.82, 2.24) is 9.80 Å². The van der Waals surface area contributed by atoms with Gasteiger partial charge in [0.05, 0.1) is 29.7 Å². The van der Waals surface area contributed by atoms with E-state index in [0.29, 0.717) is 54.4 Å². The van der Waals surface area contributed by atoms with E-state index in [1.54, 1.807) is 23.1 Å². The molecular formula is C24H23BrN2O6S. The van der Waals surface area contributed by atoms with Gasteiger partial charge >= 0.3 is 0 Å². The van der Waals surface area contributed by atoms with Crippen LogP contribution in [0.15, 0.2) is 51.8 Å². The van der Waals surface area contributed by atoms with E-state index < -0.39 is 11.1 Å². The smallest absolute Gasteiger partial charge is 0.294 e. The second kappa shape index (κ2) is 11.1. The van der Waals surface area contributed by atoms with Gasteiger partial charge in [-0.3, -0.25) is 19.3 Å². The maximum atomic E-state index is 12.9. The Morgan fingerprint density at radius 3 is 2.62 bits per heavy atom. The summed E-state index contributed by atoms with van der Waals surface area (Å²) in [5.74, 6) is 0.262. The molecule has 0 bridgehead atoms. The fraction of sp³-hybridized carbons (Fsp3) is 0.292. The summed E-state index contributed by atoms with van der Waals surface area (Å²) >= 11 is 4.33. The van der Waals surface area contributed by atoms with Crippen molar-refractivity contribution >= 4 is 50.8 Å². The summed E-state index contributed by atoms with van der Waals surface area (Å²) in [6.07, 6.45) is 1.61. The van der Waals surface area contributed by atoms with E-state index in [0.717, 1.165) is 22.2 Å². The number of hydrogen-bond donors (Lipinski definition) is 0. The molecule has 2 aromatic carbocycles. The van der Waals surface area contributed by atoms with Gasteiger partial charge in [-0.15, -0.1) is 0 Å². The van der Waals surface area contributed by atoms with E-state index in [2.05, 4.69) is 15.9 Å². The number of amides is 3. The molecule has 0 spiro atoms. The van der Waals surface area contributed by atoms with Gasteiger partial charge in [-0.05, 0) is 57.0 Å². The highest BCUT2D eigenvalue weighted by Gasteiger charge is 2.37. The first-order chi connectivity index (χ1) is 16.5. The number of ether oxygens (including phenoxy) is 3. The van der Waals surface area contributed by atoms with Crippen LogP contribution in [0.25, 0.3) is 6.08 Å². The maximum Gasteiger partial charge on any atom is 0.294 e. The Labute approximate surface area is 210 Å². The van der Waals surface area contributed by atoms with Gasteiger partial charge in [0.1, 0.15) is 13.2 Å². The zero-order valence-electron chi connectivity index (χ0n) is 18.5. The van der Waals surface area contributed by atoms with E-state index in [1.165, 1.54) is 7.11 Å². The summed E-state index contributed by atoms with van der Waals surface area (Å²) in [5.41, 5.74) is 1.67. The number of hydrogen-bond acceptors (Lipinski definition) is 7. The average molecular weight is 547 g/mol. The SMILES string of the molecule is COc1cc(/C=C2/SC(=O)N(CC(=O)N3CCOCC3)C2=O)cc(Br)c1OCc1ccccc1. The zero-order chi connectivity index (χ0) is 24.1. The van der Waals surface area contributed by atoms with E-state index in [1.807, 2.05) is 30.3 Å². The van der Waals surface area contributed by atoms with Crippen LogP contribution in [0, 0.1) is 0 Å². The molecule has 2 heterocycles. The van der Waals surface area contributed by atoms with Crippen LogP contribution in [0.4, 0.5) is 4.79 Å². The van der Waals surface area contributed by atoms with Gasteiger partial charge in [-0.2, -0.15) is 0 Å². The van der Waals surface area contributed by atoms with E-state index in [4.69, 9.17) is 14.2 Å². The number of benzene rings is 2. The van der Waals surface area contributed by atoms with Crippen LogP contribution in [0.1, 0.15) is 11.1 Å². The molecule has 10 heteroatoms. The molecular weight excluding hydrogens is 524 g/mol. The number of nitrogens with zero attached hydrogens (tertiary/aromatic N) is 2. The summed E-state index contributed by atoms with van der Waals surface area (Å²) in [6.45, 7) is 1.91. The highest BCUT2D eigenvalue weighted by atomic mass is 79.9. The summed E-state index contributed by atoms with van der Waals surface area (Å²) in [5, 5.41) is -0.466. The molecule has 2 aliphatic heterocycles. The fourth-order valence-corrected chi connectivity index (χ4v) is 4.94. The molecule has 0 saturated carbocycles. The van der Waals surface area contributed by atoms with Crippen molar-refractivity contribution in [3.05, 3.63) is 63.0 Å². The number of thioether (sulfide) groups is 1. The molecule has 0 atom stereocenters. The fourth-order valence-electron chi connectivity index (χ4n) is 3.53. The van der Waals surface area contributed by atoms with Crippen LogP contribution >= 0.6 is 27.7 Å². The number of imide groups is 1. The highest BCUT2D eigenvalue weighted by Crippen LogP contribution is 2.39. The van der Waals surface area contributed by atoms with Crippen molar-refractivity contribution in [3.63, 3.8) is 0 Å². The third kappa shape index (κ3) is 5.63. The topological polar surface area (TPSA) is 85.4 Å². The Bertz CT molecular complexity index is 1120. The van der Waals surface area contributed by atoms with Crippen molar-refractivity contribution < 1.29 is 28.6 Å². The van der Waals surface area contributed by atoms with Crippen molar-refractivity contribution in [1.29, 1.82) is 0 Å². The van der Waals surface area contributed by atoms with Gasteiger partial charge in [-0.1, -0.05) is 30.3 Å². The van der Waals surface area contributed by atoms with Gasteiger partial charge in [0.25, 0.3) is 11.1 Å². The molecule has 0 aromatic heterocycles.